The van der Waals surface area contributed by atoms with E-state index in [9.17, 15) is 9.59 Å². The zero-order chi connectivity index (χ0) is 21.1. The summed E-state index contributed by atoms with van der Waals surface area (Å²) in [6.07, 6.45) is 3.86. The van der Waals surface area contributed by atoms with Crippen molar-refractivity contribution in [1.29, 1.82) is 0 Å². The van der Waals surface area contributed by atoms with Crippen LogP contribution in [0.15, 0.2) is 58.4 Å². The molecule has 154 valence electrons. The van der Waals surface area contributed by atoms with Crippen LogP contribution in [0.3, 0.4) is 0 Å². The number of thioether (sulfide) groups is 1. The number of hydrogen-bond donors (Lipinski definition) is 1. The Hall–Kier alpha value is -3.33. The molecule has 3 aromatic heterocycles. The van der Waals surface area contributed by atoms with Crippen LogP contribution in [0.2, 0.25) is 0 Å². The van der Waals surface area contributed by atoms with Crippen LogP contribution in [-0.4, -0.2) is 38.3 Å². The Morgan fingerprint density at radius 1 is 1.20 bits per heavy atom. The average molecular weight is 424 g/mol. The molecule has 3 heterocycles. The van der Waals surface area contributed by atoms with Gasteiger partial charge < -0.3 is 14.5 Å². The van der Waals surface area contributed by atoms with E-state index in [0.717, 1.165) is 16.6 Å². The predicted molar refractivity (Wildman–Crippen MR) is 114 cm³/mol. The Labute approximate surface area is 176 Å². The van der Waals surface area contributed by atoms with Gasteiger partial charge in [-0.15, -0.1) is 10.2 Å². The lowest BCUT2D eigenvalue weighted by Crippen LogP contribution is -2.24. The second-order valence-corrected chi connectivity index (χ2v) is 7.70. The van der Waals surface area contributed by atoms with E-state index in [1.54, 1.807) is 43.8 Å². The molecule has 1 N–H and O–H groups in total. The zero-order valence-electron chi connectivity index (χ0n) is 16.5. The van der Waals surface area contributed by atoms with Crippen LogP contribution in [0, 0.1) is 0 Å². The molecule has 0 fully saturated rings. The third-order valence-electron chi connectivity index (χ3n) is 4.58. The van der Waals surface area contributed by atoms with Crippen molar-refractivity contribution < 1.29 is 18.7 Å². The van der Waals surface area contributed by atoms with Gasteiger partial charge in [0, 0.05) is 17.8 Å². The van der Waals surface area contributed by atoms with Gasteiger partial charge in [0.2, 0.25) is 5.91 Å². The first-order valence-electron chi connectivity index (χ1n) is 9.55. The van der Waals surface area contributed by atoms with Crippen molar-refractivity contribution in [2.24, 2.45) is 0 Å². The van der Waals surface area contributed by atoms with E-state index in [4.69, 9.17) is 9.15 Å². The predicted octanol–water partition coefficient (Wildman–Crippen LogP) is 4.16. The van der Waals surface area contributed by atoms with Crippen molar-refractivity contribution in [1.82, 2.24) is 14.6 Å². The van der Waals surface area contributed by atoms with E-state index in [0.29, 0.717) is 29.3 Å². The van der Waals surface area contributed by atoms with Gasteiger partial charge in [0.15, 0.2) is 5.58 Å². The van der Waals surface area contributed by atoms with Crippen LogP contribution in [-0.2, 0) is 9.53 Å². The lowest BCUT2D eigenvalue weighted by Gasteiger charge is -2.14. The summed E-state index contributed by atoms with van der Waals surface area (Å²) in [6, 6.07) is 10.4. The molecular weight excluding hydrogens is 404 g/mol. The SMILES string of the molecule is CCOC(=O)c1ccc(NC(=O)[C@@H](CC)Sc2nncn3c2cc2occc23)cc1. The summed E-state index contributed by atoms with van der Waals surface area (Å²) in [6.45, 7) is 4.01. The second kappa shape index (κ2) is 8.58. The highest BCUT2D eigenvalue weighted by Crippen LogP contribution is 2.31. The smallest absolute Gasteiger partial charge is 0.338 e. The minimum absolute atomic E-state index is 0.148. The van der Waals surface area contributed by atoms with Crippen molar-refractivity contribution >= 4 is 45.9 Å². The third-order valence-corrected chi connectivity index (χ3v) is 5.92. The Kier molecular flexibility index (Phi) is 5.71. The van der Waals surface area contributed by atoms with E-state index in [2.05, 4.69) is 15.5 Å². The van der Waals surface area contributed by atoms with E-state index in [1.165, 1.54) is 11.8 Å². The molecule has 8 nitrogen and oxygen atoms in total. The molecule has 4 aromatic rings. The van der Waals surface area contributed by atoms with Gasteiger partial charge in [0.05, 0.1) is 34.7 Å². The fourth-order valence-electron chi connectivity index (χ4n) is 3.08. The molecule has 1 aromatic carbocycles. The molecule has 0 unspecified atom stereocenters. The number of fused-ring (bicyclic) bond motifs is 3. The summed E-state index contributed by atoms with van der Waals surface area (Å²) < 4.78 is 12.3. The number of carbonyl (C=O) groups excluding carboxylic acids is 2. The number of benzene rings is 1. The Balaban J connectivity index is 1.49. The number of amides is 1. The lowest BCUT2D eigenvalue weighted by molar-refractivity contribution is -0.115. The molecule has 0 aliphatic heterocycles. The lowest BCUT2D eigenvalue weighted by atomic mass is 10.2. The zero-order valence-corrected chi connectivity index (χ0v) is 17.3. The fraction of sp³-hybridized carbons (Fsp3) is 0.238. The normalized spacial score (nSPS) is 12.2. The monoisotopic (exact) mass is 424 g/mol. The molecule has 0 saturated carbocycles. The standard InChI is InChI=1S/C21H20N4O4S/c1-3-18(19(26)23-14-7-5-13(6-8-14)21(27)28-4-2)30-20-16-11-17-15(9-10-29-17)25(16)12-22-24-20/h5-12,18H,3-4H2,1-2H3,(H,23,26)/t18-/m1/s1. The topological polar surface area (TPSA) is 98.7 Å². The Morgan fingerprint density at radius 2 is 2.00 bits per heavy atom. The van der Waals surface area contributed by atoms with Gasteiger partial charge in [-0.1, -0.05) is 18.7 Å². The summed E-state index contributed by atoms with van der Waals surface area (Å²) in [7, 11) is 0. The highest BCUT2D eigenvalue weighted by atomic mass is 32.2. The van der Waals surface area contributed by atoms with Crippen molar-refractivity contribution in [3.63, 3.8) is 0 Å². The number of aromatic nitrogens is 3. The van der Waals surface area contributed by atoms with Crippen molar-refractivity contribution in [3.05, 3.63) is 54.6 Å². The summed E-state index contributed by atoms with van der Waals surface area (Å²) >= 11 is 1.36. The van der Waals surface area contributed by atoms with Gasteiger partial charge in [0.25, 0.3) is 0 Å². The number of carbonyl (C=O) groups is 2. The molecule has 4 rings (SSSR count). The number of nitrogens with zero attached hydrogens (tertiary/aromatic N) is 3. The van der Waals surface area contributed by atoms with Crippen molar-refractivity contribution in [3.8, 4) is 0 Å². The van der Waals surface area contributed by atoms with Crippen LogP contribution in [0.1, 0.15) is 30.6 Å². The maximum absolute atomic E-state index is 12.8. The van der Waals surface area contributed by atoms with Crippen LogP contribution < -0.4 is 5.32 Å². The Morgan fingerprint density at radius 3 is 2.73 bits per heavy atom. The highest BCUT2D eigenvalue weighted by Gasteiger charge is 2.22. The minimum Gasteiger partial charge on any atom is -0.463 e. The van der Waals surface area contributed by atoms with E-state index < -0.39 is 0 Å². The summed E-state index contributed by atoms with van der Waals surface area (Å²) in [5, 5.41) is 11.5. The number of anilines is 1. The van der Waals surface area contributed by atoms with E-state index >= 15 is 0 Å². The molecule has 0 aliphatic rings. The first kappa shape index (κ1) is 20.0. The van der Waals surface area contributed by atoms with Crippen LogP contribution >= 0.6 is 11.8 Å². The number of ether oxygens (including phenoxy) is 1. The van der Waals surface area contributed by atoms with Gasteiger partial charge in [-0.05, 0) is 37.6 Å². The second-order valence-electron chi connectivity index (χ2n) is 6.51. The largest absolute Gasteiger partial charge is 0.463 e. The van der Waals surface area contributed by atoms with Gasteiger partial charge in [0.1, 0.15) is 11.4 Å². The van der Waals surface area contributed by atoms with Crippen molar-refractivity contribution in [2.75, 3.05) is 11.9 Å². The number of nitrogens with one attached hydrogen (secondary N) is 1. The maximum atomic E-state index is 12.8. The first-order chi connectivity index (χ1) is 14.6. The Bertz CT molecular complexity index is 1200. The molecule has 1 amide bonds. The number of esters is 1. The summed E-state index contributed by atoms with van der Waals surface area (Å²) in [5.74, 6) is -0.535. The first-order valence-corrected chi connectivity index (χ1v) is 10.4. The van der Waals surface area contributed by atoms with Gasteiger partial charge >= 0.3 is 5.97 Å². The molecule has 0 spiro atoms. The van der Waals surface area contributed by atoms with E-state index in [-0.39, 0.29) is 17.1 Å². The molecule has 0 radical (unpaired) electrons. The molecule has 30 heavy (non-hydrogen) atoms. The third kappa shape index (κ3) is 3.88. The van der Waals surface area contributed by atoms with Gasteiger partial charge in [-0.2, -0.15) is 0 Å². The minimum atomic E-state index is -0.387. The average Bonchev–Trinajstić information content (AvgIpc) is 3.34. The van der Waals surface area contributed by atoms with Crippen LogP contribution in [0.4, 0.5) is 5.69 Å². The molecule has 0 aliphatic carbocycles. The molecule has 0 saturated heterocycles. The summed E-state index contributed by atoms with van der Waals surface area (Å²) in [5.41, 5.74) is 3.54. The maximum Gasteiger partial charge on any atom is 0.338 e. The highest BCUT2D eigenvalue weighted by molar-refractivity contribution is 8.00. The molecule has 0 bridgehead atoms. The number of furan rings is 1. The van der Waals surface area contributed by atoms with Gasteiger partial charge in [-0.3, -0.25) is 9.20 Å². The van der Waals surface area contributed by atoms with Gasteiger partial charge in [-0.25, -0.2) is 4.79 Å². The van der Waals surface area contributed by atoms with Crippen LogP contribution in [0.5, 0.6) is 0 Å². The number of rotatable bonds is 7. The molecular formula is C21H20N4O4S. The fourth-order valence-corrected chi connectivity index (χ4v) is 4.06. The molecule has 9 heteroatoms. The van der Waals surface area contributed by atoms with Crippen LogP contribution in [0.25, 0.3) is 16.6 Å². The molecule has 1 atom stereocenters. The van der Waals surface area contributed by atoms with Crippen molar-refractivity contribution in [2.45, 2.75) is 30.5 Å². The quantitative estimate of drug-likeness (QED) is 0.351. The summed E-state index contributed by atoms with van der Waals surface area (Å²) in [4.78, 5) is 24.6. The van der Waals surface area contributed by atoms with E-state index in [1.807, 2.05) is 23.5 Å². The number of hydrogen-bond acceptors (Lipinski definition) is 7.